The molecule has 1 aliphatic rings. The monoisotopic (exact) mass is 275 g/mol. The van der Waals surface area contributed by atoms with Crippen molar-refractivity contribution in [3.63, 3.8) is 0 Å². The molecule has 1 N–H and O–H groups in total. The summed E-state index contributed by atoms with van der Waals surface area (Å²) < 4.78 is 0. The van der Waals surface area contributed by atoms with E-state index in [0.29, 0.717) is 11.6 Å². The number of benzene rings is 1. The smallest absolute Gasteiger partial charge is 0.335 e. The molecule has 0 atom stereocenters. The second-order valence-corrected chi connectivity index (χ2v) is 6.00. The minimum atomic E-state index is -0.859. The predicted octanol–water partition coefficient (Wildman–Crippen LogP) is 3.79. The summed E-state index contributed by atoms with van der Waals surface area (Å²) >= 11 is 0. The molecule has 1 fully saturated rings. The van der Waals surface area contributed by atoms with Crippen molar-refractivity contribution in [1.29, 1.82) is 0 Å². The Morgan fingerprint density at radius 3 is 2.30 bits per heavy atom. The minimum Gasteiger partial charge on any atom is -0.478 e. The van der Waals surface area contributed by atoms with Gasteiger partial charge in [0.2, 0.25) is 0 Å². The summed E-state index contributed by atoms with van der Waals surface area (Å²) in [6, 6.07) is 7.92. The Bertz CT molecular complexity index is 433. The zero-order valence-electron chi connectivity index (χ0n) is 12.5. The molecule has 1 aliphatic carbocycles. The summed E-state index contributed by atoms with van der Waals surface area (Å²) in [6.45, 7) is 3.19. The summed E-state index contributed by atoms with van der Waals surface area (Å²) in [4.78, 5) is 13.2. The standard InChI is InChI=1S/C17H25NO2/c1-3-13-6-10-16(11-7-13)18(2)12-14-4-8-15(9-5-14)17(19)20/h4-5,8-9,13,16H,3,6-7,10-12H2,1-2H3,(H,19,20). The van der Waals surface area contributed by atoms with E-state index in [4.69, 9.17) is 5.11 Å². The Labute approximate surface area is 121 Å². The van der Waals surface area contributed by atoms with E-state index in [-0.39, 0.29) is 0 Å². The molecule has 0 saturated heterocycles. The van der Waals surface area contributed by atoms with Crippen molar-refractivity contribution in [2.45, 2.75) is 51.6 Å². The van der Waals surface area contributed by atoms with Gasteiger partial charge in [-0.25, -0.2) is 4.79 Å². The van der Waals surface area contributed by atoms with Gasteiger partial charge < -0.3 is 5.11 Å². The van der Waals surface area contributed by atoms with E-state index in [2.05, 4.69) is 18.9 Å². The number of aromatic carboxylic acids is 1. The molecule has 1 aromatic rings. The van der Waals surface area contributed by atoms with E-state index in [1.165, 1.54) is 37.7 Å². The fourth-order valence-corrected chi connectivity index (χ4v) is 3.16. The van der Waals surface area contributed by atoms with Gasteiger partial charge in [-0.15, -0.1) is 0 Å². The van der Waals surface area contributed by atoms with Crippen LogP contribution in [0, 0.1) is 5.92 Å². The van der Waals surface area contributed by atoms with Gasteiger partial charge in [0.1, 0.15) is 0 Å². The van der Waals surface area contributed by atoms with Crippen LogP contribution in [0.1, 0.15) is 54.9 Å². The molecule has 0 radical (unpaired) electrons. The highest BCUT2D eigenvalue weighted by Gasteiger charge is 2.22. The quantitative estimate of drug-likeness (QED) is 0.889. The van der Waals surface area contributed by atoms with E-state index in [0.717, 1.165) is 12.5 Å². The van der Waals surface area contributed by atoms with Crippen LogP contribution in [0.3, 0.4) is 0 Å². The normalized spacial score (nSPS) is 22.9. The van der Waals surface area contributed by atoms with Crippen molar-refractivity contribution in [3.8, 4) is 0 Å². The SMILES string of the molecule is CCC1CCC(N(C)Cc2ccc(C(=O)O)cc2)CC1. The van der Waals surface area contributed by atoms with Gasteiger partial charge in [-0.3, -0.25) is 4.90 Å². The van der Waals surface area contributed by atoms with Gasteiger partial charge in [-0.1, -0.05) is 25.5 Å². The largest absolute Gasteiger partial charge is 0.478 e. The Balaban J connectivity index is 1.88. The lowest BCUT2D eigenvalue weighted by Gasteiger charge is -2.34. The second kappa shape index (κ2) is 6.89. The Kier molecular flexibility index (Phi) is 5.18. The van der Waals surface area contributed by atoms with Crippen LogP contribution >= 0.6 is 0 Å². The van der Waals surface area contributed by atoms with Crippen molar-refractivity contribution >= 4 is 5.97 Å². The van der Waals surface area contributed by atoms with Crippen molar-refractivity contribution in [3.05, 3.63) is 35.4 Å². The number of hydrogen-bond acceptors (Lipinski definition) is 2. The Morgan fingerprint density at radius 2 is 1.80 bits per heavy atom. The lowest BCUT2D eigenvalue weighted by Crippen LogP contribution is -2.34. The van der Waals surface area contributed by atoms with Crippen LogP contribution in [0.5, 0.6) is 0 Å². The van der Waals surface area contributed by atoms with Gasteiger partial charge in [-0.05, 0) is 56.3 Å². The molecule has 2 rings (SSSR count). The first-order chi connectivity index (χ1) is 9.60. The number of carboxylic acid groups (broad SMARTS) is 1. The van der Waals surface area contributed by atoms with Crippen molar-refractivity contribution < 1.29 is 9.90 Å². The van der Waals surface area contributed by atoms with Crippen molar-refractivity contribution in [2.75, 3.05) is 7.05 Å². The highest BCUT2D eigenvalue weighted by molar-refractivity contribution is 5.87. The fourth-order valence-electron chi connectivity index (χ4n) is 3.16. The molecule has 0 spiro atoms. The molecule has 0 aliphatic heterocycles. The maximum absolute atomic E-state index is 10.8. The van der Waals surface area contributed by atoms with E-state index in [9.17, 15) is 4.79 Å². The highest BCUT2D eigenvalue weighted by Crippen LogP contribution is 2.29. The zero-order valence-corrected chi connectivity index (χ0v) is 12.5. The number of nitrogens with zero attached hydrogens (tertiary/aromatic N) is 1. The topological polar surface area (TPSA) is 40.5 Å². The molecule has 3 nitrogen and oxygen atoms in total. The van der Waals surface area contributed by atoms with Crippen LogP contribution in [0.4, 0.5) is 0 Å². The molecule has 110 valence electrons. The Hall–Kier alpha value is -1.35. The molecule has 3 heteroatoms. The van der Waals surface area contributed by atoms with Crippen LogP contribution in [0.2, 0.25) is 0 Å². The average molecular weight is 275 g/mol. The number of hydrogen-bond donors (Lipinski definition) is 1. The maximum Gasteiger partial charge on any atom is 0.335 e. The Morgan fingerprint density at radius 1 is 1.20 bits per heavy atom. The van der Waals surface area contributed by atoms with E-state index in [1.54, 1.807) is 12.1 Å². The van der Waals surface area contributed by atoms with Crippen LogP contribution < -0.4 is 0 Å². The summed E-state index contributed by atoms with van der Waals surface area (Å²) in [7, 11) is 2.18. The summed E-state index contributed by atoms with van der Waals surface area (Å²) in [5, 5.41) is 8.90. The van der Waals surface area contributed by atoms with Crippen molar-refractivity contribution in [2.24, 2.45) is 5.92 Å². The van der Waals surface area contributed by atoms with Crippen LogP contribution in [-0.4, -0.2) is 29.1 Å². The number of rotatable bonds is 5. The van der Waals surface area contributed by atoms with Crippen LogP contribution in [0.25, 0.3) is 0 Å². The van der Waals surface area contributed by atoms with Gasteiger partial charge in [0.05, 0.1) is 5.56 Å². The summed E-state index contributed by atoms with van der Waals surface area (Å²) in [5.74, 6) is 0.0669. The van der Waals surface area contributed by atoms with Gasteiger partial charge in [0.15, 0.2) is 0 Å². The van der Waals surface area contributed by atoms with Gasteiger partial charge >= 0.3 is 5.97 Å². The fraction of sp³-hybridized carbons (Fsp3) is 0.588. The molecule has 20 heavy (non-hydrogen) atoms. The van der Waals surface area contributed by atoms with Crippen LogP contribution in [-0.2, 0) is 6.54 Å². The first kappa shape index (κ1) is 15.0. The van der Waals surface area contributed by atoms with E-state index < -0.39 is 5.97 Å². The summed E-state index contributed by atoms with van der Waals surface area (Å²) in [5.41, 5.74) is 1.55. The molecule has 0 amide bonds. The first-order valence-corrected chi connectivity index (χ1v) is 7.62. The third kappa shape index (κ3) is 3.83. The molecule has 0 aromatic heterocycles. The zero-order chi connectivity index (χ0) is 14.5. The highest BCUT2D eigenvalue weighted by atomic mass is 16.4. The molecule has 1 saturated carbocycles. The first-order valence-electron chi connectivity index (χ1n) is 7.62. The lowest BCUT2D eigenvalue weighted by molar-refractivity contribution is 0.0697. The molecular formula is C17H25NO2. The third-order valence-corrected chi connectivity index (χ3v) is 4.65. The maximum atomic E-state index is 10.8. The molecule has 0 heterocycles. The second-order valence-electron chi connectivity index (χ2n) is 6.00. The predicted molar refractivity (Wildman–Crippen MR) is 80.9 cm³/mol. The van der Waals surface area contributed by atoms with Gasteiger partial charge in [-0.2, -0.15) is 0 Å². The van der Waals surface area contributed by atoms with Crippen molar-refractivity contribution in [1.82, 2.24) is 4.90 Å². The van der Waals surface area contributed by atoms with Gasteiger partial charge in [0, 0.05) is 12.6 Å². The molecule has 0 unspecified atom stereocenters. The van der Waals surface area contributed by atoms with Crippen LogP contribution in [0.15, 0.2) is 24.3 Å². The summed E-state index contributed by atoms with van der Waals surface area (Å²) in [6.07, 6.45) is 6.60. The molecular weight excluding hydrogens is 250 g/mol. The lowest BCUT2D eigenvalue weighted by atomic mass is 9.84. The molecule has 1 aromatic carbocycles. The van der Waals surface area contributed by atoms with Gasteiger partial charge in [0.25, 0.3) is 0 Å². The van der Waals surface area contributed by atoms with E-state index in [1.807, 2.05) is 12.1 Å². The van der Waals surface area contributed by atoms with E-state index >= 15 is 0 Å². The third-order valence-electron chi connectivity index (χ3n) is 4.65. The number of carbonyl (C=O) groups is 1. The number of carboxylic acids is 1. The molecule has 0 bridgehead atoms. The minimum absolute atomic E-state index is 0.361. The average Bonchev–Trinajstić information content (AvgIpc) is 2.48.